The molecule has 0 bridgehead atoms. The van der Waals surface area contributed by atoms with Gasteiger partial charge in [0.1, 0.15) is 24.2 Å². The Balaban J connectivity index is 2.27. The molecule has 0 radical (unpaired) electrons. The lowest BCUT2D eigenvalue weighted by Crippen LogP contribution is -2.74. The average Bonchev–Trinajstić information content (AvgIpc) is 3.24. The first kappa shape index (κ1) is 60.3. The topological polar surface area (TPSA) is 115 Å². The van der Waals surface area contributed by atoms with Crippen molar-refractivity contribution >= 4 is 26.0 Å². The SMILES string of the molecule is COc1ccc(NC(=O)O[C@H](CCC/C=C/C(C)=C/C(=O)NO)c2ccc(OCCO[Si](CCC(F)(F)C(F)(F)C(F)(F)C(F)(F)C(F)(F)C(F)(F)C(F)(F)C(F)(F)F)(C(C)C)C(C)C)cc2)cc1. The maximum absolute atomic E-state index is 15.0. The lowest BCUT2D eigenvalue weighted by atomic mass is 9.88. The number of ether oxygens (including phenoxy) is 3. The van der Waals surface area contributed by atoms with Crippen LogP contribution >= 0.6 is 0 Å². The van der Waals surface area contributed by atoms with Crippen LogP contribution in [0.4, 0.5) is 85.1 Å². The van der Waals surface area contributed by atoms with Crippen molar-refractivity contribution in [1.82, 2.24) is 5.48 Å². The van der Waals surface area contributed by atoms with E-state index in [1.807, 2.05) is 0 Å². The average molecular weight is 1040 g/mol. The maximum Gasteiger partial charge on any atom is 0.460 e. The molecular weight excluding hydrogens is 996 g/mol. The number of hydroxylamine groups is 1. The summed E-state index contributed by atoms with van der Waals surface area (Å²) in [4.78, 5) is 24.2. The molecule has 27 heteroatoms. The number of nitrogens with one attached hydrogen (secondary N) is 2. The van der Waals surface area contributed by atoms with Crippen LogP contribution in [0.2, 0.25) is 17.1 Å². The normalized spacial score (nSPS) is 14.6. The second-order valence-electron chi connectivity index (χ2n) is 16.1. The van der Waals surface area contributed by atoms with Crippen LogP contribution in [0.15, 0.2) is 72.3 Å². The zero-order valence-electron chi connectivity index (χ0n) is 37.4. The molecule has 9 nitrogen and oxygen atoms in total. The van der Waals surface area contributed by atoms with Crippen molar-refractivity contribution in [3.63, 3.8) is 0 Å². The summed E-state index contributed by atoms with van der Waals surface area (Å²) in [5.74, 6) is -57.0. The molecule has 0 saturated heterocycles. The van der Waals surface area contributed by atoms with Crippen LogP contribution in [-0.2, 0) is 14.0 Å². The van der Waals surface area contributed by atoms with Crippen molar-refractivity contribution < 1.29 is 108 Å². The minimum Gasteiger partial charge on any atom is -0.497 e. The standard InChI is InChI=1S/C42H49F17N2O7Si/c1-25(2)69(26(3)4,23-20-35(43,44)36(45,46)37(47,48)38(49,50)39(51,52)40(53,54)41(55,56)42(57,58)59)67-22-21-66-31-16-12-28(13-17-31)32(11-9-7-8-10-27(5)24-33(62)61-64)68-34(63)60-29-14-18-30(65-6)19-15-29/h8,10,12-19,24-26,32,64H,7,9,11,20-23H2,1-6H3,(H,60,63)(H,61,62)/b10-8+,27-24+/t32-/m1/s1. The number of methoxy groups -OCH3 is 1. The molecule has 2 rings (SSSR count). The van der Waals surface area contributed by atoms with E-state index in [9.17, 15) is 75.4 Å². The second-order valence-corrected chi connectivity index (χ2v) is 21.1. The summed E-state index contributed by atoms with van der Waals surface area (Å²) in [6, 6.07) is 10.8. The van der Waals surface area contributed by atoms with Crippen LogP contribution in [0.3, 0.4) is 0 Å². The Morgan fingerprint density at radius 3 is 1.67 bits per heavy atom. The van der Waals surface area contributed by atoms with E-state index in [-0.39, 0.29) is 12.2 Å². The molecule has 0 saturated carbocycles. The Kier molecular flexibility index (Phi) is 20.1. The summed E-state index contributed by atoms with van der Waals surface area (Å²) in [5.41, 5.74) is 1.04. The second kappa shape index (κ2) is 23.0. The fraction of sp³-hybridized carbons (Fsp3) is 0.571. The van der Waals surface area contributed by atoms with E-state index < -0.39 is 111 Å². The Morgan fingerprint density at radius 2 is 1.19 bits per heavy atom. The highest BCUT2D eigenvalue weighted by Gasteiger charge is 2.95. The number of rotatable bonds is 26. The van der Waals surface area contributed by atoms with Gasteiger partial charge in [-0.3, -0.25) is 15.3 Å². The molecule has 2 aromatic rings. The summed E-state index contributed by atoms with van der Waals surface area (Å²) in [5, 5.41) is 11.3. The number of unbranched alkanes of at least 4 members (excludes halogenated alkanes) is 1. The number of carbonyl (C=O) groups is 2. The molecule has 0 aliphatic rings. The number of benzene rings is 2. The number of hydrogen-bond donors (Lipinski definition) is 3. The van der Waals surface area contributed by atoms with Crippen LogP contribution < -0.4 is 20.3 Å². The van der Waals surface area contributed by atoms with Crippen molar-refractivity contribution in [2.75, 3.05) is 25.6 Å². The highest BCUT2D eigenvalue weighted by Crippen LogP contribution is 2.64. The van der Waals surface area contributed by atoms with Gasteiger partial charge in [-0.05, 0) is 90.8 Å². The lowest BCUT2D eigenvalue weighted by Gasteiger charge is -2.44. The van der Waals surface area contributed by atoms with Crippen LogP contribution in [0, 0.1) is 0 Å². The fourth-order valence-electron chi connectivity index (χ4n) is 6.75. The van der Waals surface area contributed by atoms with Crippen molar-refractivity contribution in [2.24, 2.45) is 0 Å². The molecule has 0 spiro atoms. The van der Waals surface area contributed by atoms with E-state index in [1.165, 1.54) is 64.6 Å². The van der Waals surface area contributed by atoms with E-state index in [0.717, 1.165) is 6.08 Å². The van der Waals surface area contributed by atoms with Gasteiger partial charge in [-0.1, -0.05) is 52.0 Å². The van der Waals surface area contributed by atoms with Crippen LogP contribution in [-0.4, -0.2) is 93.5 Å². The number of amides is 2. The smallest absolute Gasteiger partial charge is 0.460 e. The first-order valence-corrected chi connectivity index (χ1v) is 22.7. The number of halogens is 17. The summed E-state index contributed by atoms with van der Waals surface area (Å²) < 4.78 is 259. The predicted octanol–water partition coefficient (Wildman–Crippen LogP) is 13.7. The quantitative estimate of drug-likeness (QED) is 0.0163. The predicted molar refractivity (Wildman–Crippen MR) is 216 cm³/mol. The molecule has 1 atom stereocenters. The van der Waals surface area contributed by atoms with Crippen LogP contribution in [0.25, 0.3) is 0 Å². The van der Waals surface area contributed by atoms with Gasteiger partial charge in [0.2, 0.25) is 0 Å². The molecule has 0 fully saturated rings. The van der Waals surface area contributed by atoms with Gasteiger partial charge in [0.25, 0.3) is 5.91 Å². The molecule has 2 amide bonds. The Bertz CT molecular complexity index is 2040. The molecule has 2 aromatic carbocycles. The first-order chi connectivity index (χ1) is 31.4. The molecule has 69 heavy (non-hydrogen) atoms. The van der Waals surface area contributed by atoms with Crippen molar-refractivity contribution in [2.45, 2.75) is 131 Å². The number of anilines is 1. The molecule has 0 aliphatic carbocycles. The van der Waals surface area contributed by atoms with Crippen molar-refractivity contribution in [3.05, 3.63) is 77.9 Å². The highest BCUT2D eigenvalue weighted by molar-refractivity contribution is 6.76. The Hall–Kier alpha value is -4.79. The van der Waals surface area contributed by atoms with E-state index in [2.05, 4.69) is 5.32 Å². The van der Waals surface area contributed by atoms with Crippen molar-refractivity contribution in [3.8, 4) is 11.5 Å². The summed E-state index contributed by atoms with van der Waals surface area (Å²) >= 11 is 0. The third-order valence-corrected chi connectivity index (χ3v) is 16.5. The largest absolute Gasteiger partial charge is 0.497 e. The zero-order valence-corrected chi connectivity index (χ0v) is 38.4. The van der Waals surface area contributed by atoms with Crippen LogP contribution in [0.5, 0.6) is 11.5 Å². The number of carbonyl (C=O) groups excluding carboxylic acids is 2. The third kappa shape index (κ3) is 13.3. The maximum atomic E-state index is 15.0. The highest BCUT2D eigenvalue weighted by atomic mass is 28.4. The van der Waals surface area contributed by atoms with Gasteiger partial charge in [-0.15, -0.1) is 0 Å². The van der Waals surface area contributed by atoms with Gasteiger partial charge >= 0.3 is 53.7 Å². The van der Waals surface area contributed by atoms with Crippen LogP contribution in [0.1, 0.15) is 72.0 Å². The minimum atomic E-state index is -8.70. The molecular formula is C42H49F17N2O7Si. The third-order valence-electron chi connectivity index (χ3n) is 10.8. The van der Waals surface area contributed by atoms with E-state index >= 15 is 8.78 Å². The summed E-state index contributed by atoms with van der Waals surface area (Å²) in [7, 11) is -2.57. The Morgan fingerprint density at radius 1 is 0.696 bits per heavy atom. The first-order valence-electron chi connectivity index (χ1n) is 20.4. The molecule has 0 unspecified atom stereocenters. The van der Waals surface area contributed by atoms with Gasteiger partial charge in [0, 0.05) is 18.2 Å². The number of alkyl halides is 17. The van der Waals surface area contributed by atoms with Gasteiger partial charge in [-0.2, -0.15) is 74.6 Å². The molecule has 0 aliphatic heterocycles. The zero-order chi connectivity index (χ0) is 53.2. The fourth-order valence-corrected chi connectivity index (χ4v) is 11.2. The molecule has 3 N–H and O–H groups in total. The van der Waals surface area contributed by atoms with E-state index in [4.69, 9.17) is 23.8 Å². The monoisotopic (exact) mass is 1040 g/mol. The van der Waals surface area contributed by atoms with Gasteiger partial charge in [0.15, 0.2) is 8.32 Å². The number of allylic oxidation sites excluding steroid dienone is 3. The lowest BCUT2D eigenvalue weighted by molar-refractivity contribution is -0.461. The van der Waals surface area contributed by atoms with Gasteiger partial charge in [0.05, 0.1) is 13.7 Å². The van der Waals surface area contributed by atoms with Gasteiger partial charge < -0.3 is 18.6 Å². The minimum absolute atomic E-state index is 0.131. The van der Waals surface area contributed by atoms with E-state index in [1.54, 1.807) is 43.3 Å². The van der Waals surface area contributed by atoms with Gasteiger partial charge in [-0.25, -0.2) is 10.3 Å². The van der Waals surface area contributed by atoms with E-state index in [0.29, 0.717) is 35.4 Å². The molecule has 0 aromatic heterocycles. The summed E-state index contributed by atoms with van der Waals surface area (Å²) in [6.07, 6.45) is -6.44. The number of hydrogen-bond acceptors (Lipinski definition) is 7. The molecule has 392 valence electrons. The summed E-state index contributed by atoms with van der Waals surface area (Å²) in [6.45, 7) is 5.94. The molecule has 0 heterocycles. The Labute approximate surface area is 385 Å². The van der Waals surface area contributed by atoms with Crippen molar-refractivity contribution in [1.29, 1.82) is 0 Å².